The fraction of sp³-hybridized carbons (Fsp3) is 0.500. The van der Waals surface area contributed by atoms with E-state index in [2.05, 4.69) is 5.10 Å². The Bertz CT molecular complexity index is 526. The first-order chi connectivity index (χ1) is 8.99. The highest BCUT2D eigenvalue weighted by molar-refractivity contribution is 5.84. The van der Waals surface area contributed by atoms with Crippen molar-refractivity contribution in [1.29, 1.82) is 0 Å². The van der Waals surface area contributed by atoms with E-state index in [4.69, 9.17) is 5.11 Å². The van der Waals surface area contributed by atoms with Crippen LogP contribution in [0, 0.1) is 10.1 Å². The van der Waals surface area contributed by atoms with E-state index in [1.807, 2.05) is 0 Å². The zero-order valence-corrected chi connectivity index (χ0v) is 9.93. The maximum Gasteiger partial charge on any atom is 0.389 e. The number of nitrogens with zero attached hydrogens (tertiary/aromatic N) is 4. The van der Waals surface area contributed by atoms with Gasteiger partial charge in [-0.1, -0.05) is 0 Å². The summed E-state index contributed by atoms with van der Waals surface area (Å²) in [6, 6.07) is 0.379. The average molecular weight is 268 g/mol. The van der Waals surface area contributed by atoms with Crippen LogP contribution in [-0.2, 0) is 16.1 Å². The normalized spacial score (nSPS) is 18.5. The quantitative estimate of drug-likeness (QED) is 0.600. The van der Waals surface area contributed by atoms with Gasteiger partial charge in [0.2, 0.25) is 5.91 Å². The van der Waals surface area contributed by atoms with E-state index in [9.17, 15) is 19.7 Å². The molecule has 2 heterocycles. The summed E-state index contributed by atoms with van der Waals surface area (Å²) in [6.07, 6.45) is 2.39. The number of hydrogen-bond donors (Lipinski definition) is 1. The Morgan fingerprint density at radius 2 is 2.32 bits per heavy atom. The minimum Gasteiger partial charge on any atom is -0.480 e. The molecular weight excluding hydrogens is 256 g/mol. The fourth-order valence-electron chi connectivity index (χ4n) is 2.09. The Morgan fingerprint density at radius 1 is 1.58 bits per heavy atom. The summed E-state index contributed by atoms with van der Waals surface area (Å²) in [5, 5.41) is 23.0. The second-order valence-electron chi connectivity index (χ2n) is 4.21. The van der Waals surface area contributed by atoms with Crippen molar-refractivity contribution < 1.29 is 19.6 Å². The molecule has 9 heteroatoms. The third-order valence-corrected chi connectivity index (χ3v) is 2.97. The predicted molar refractivity (Wildman–Crippen MR) is 61.3 cm³/mol. The third kappa shape index (κ3) is 2.69. The lowest BCUT2D eigenvalue weighted by atomic mass is 10.2. The Morgan fingerprint density at radius 3 is 2.89 bits per heavy atom. The van der Waals surface area contributed by atoms with Gasteiger partial charge in [0.1, 0.15) is 12.6 Å². The van der Waals surface area contributed by atoms with Crippen LogP contribution in [0.2, 0.25) is 0 Å². The smallest absolute Gasteiger partial charge is 0.389 e. The first-order valence-corrected chi connectivity index (χ1v) is 5.69. The first-order valence-electron chi connectivity index (χ1n) is 5.69. The highest BCUT2D eigenvalue weighted by Crippen LogP contribution is 2.18. The minimum absolute atomic E-state index is 0.197. The second kappa shape index (κ2) is 5.04. The number of likely N-dealkylation sites (tertiary alicyclic amines) is 1. The predicted octanol–water partition coefficient (Wildman–Crippen LogP) is -0.133. The number of carboxylic acids is 1. The van der Waals surface area contributed by atoms with E-state index in [1.54, 1.807) is 0 Å². The van der Waals surface area contributed by atoms with Crippen molar-refractivity contribution in [2.75, 3.05) is 6.54 Å². The van der Waals surface area contributed by atoms with Crippen LogP contribution in [-0.4, -0.2) is 49.2 Å². The lowest BCUT2D eigenvalue weighted by Crippen LogP contribution is -2.42. The number of nitro groups is 1. The van der Waals surface area contributed by atoms with Gasteiger partial charge in [-0.05, 0) is 17.8 Å². The Kier molecular flexibility index (Phi) is 3.45. The second-order valence-corrected chi connectivity index (χ2v) is 4.21. The fourth-order valence-corrected chi connectivity index (χ4v) is 2.09. The maximum atomic E-state index is 11.9. The van der Waals surface area contributed by atoms with Crippen molar-refractivity contribution in [3.8, 4) is 0 Å². The maximum absolute atomic E-state index is 11.9. The van der Waals surface area contributed by atoms with Crippen molar-refractivity contribution in [2.45, 2.75) is 25.4 Å². The van der Waals surface area contributed by atoms with Gasteiger partial charge in [-0.15, -0.1) is 0 Å². The van der Waals surface area contributed by atoms with Crippen LogP contribution in [0.4, 0.5) is 5.82 Å². The van der Waals surface area contributed by atoms with Gasteiger partial charge in [-0.2, -0.15) is 4.68 Å². The monoisotopic (exact) mass is 268 g/mol. The molecule has 0 unspecified atom stereocenters. The zero-order chi connectivity index (χ0) is 14.0. The summed E-state index contributed by atoms with van der Waals surface area (Å²) in [7, 11) is 0. The van der Waals surface area contributed by atoms with E-state index < -0.39 is 22.8 Å². The van der Waals surface area contributed by atoms with E-state index in [-0.39, 0.29) is 12.4 Å². The molecule has 1 aromatic rings. The molecule has 1 N–H and O–H groups in total. The van der Waals surface area contributed by atoms with Crippen LogP contribution in [0.25, 0.3) is 0 Å². The molecule has 0 aromatic carbocycles. The number of rotatable bonds is 4. The van der Waals surface area contributed by atoms with Gasteiger partial charge in [-0.25, -0.2) is 4.79 Å². The van der Waals surface area contributed by atoms with Gasteiger partial charge >= 0.3 is 11.8 Å². The van der Waals surface area contributed by atoms with Crippen molar-refractivity contribution >= 4 is 17.7 Å². The molecule has 0 saturated carbocycles. The van der Waals surface area contributed by atoms with Gasteiger partial charge in [0, 0.05) is 6.54 Å². The highest BCUT2D eigenvalue weighted by atomic mass is 16.6. The van der Waals surface area contributed by atoms with Crippen LogP contribution in [0.15, 0.2) is 12.3 Å². The Balaban J connectivity index is 2.04. The third-order valence-electron chi connectivity index (χ3n) is 2.97. The number of aliphatic carboxylic acids is 1. The number of hydrogen-bond acceptors (Lipinski definition) is 5. The summed E-state index contributed by atoms with van der Waals surface area (Å²) >= 11 is 0. The van der Waals surface area contributed by atoms with Crippen LogP contribution < -0.4 is 0 Å². The molecule has 1 aromatic heterocycles. The molecule has 0 bridgehead atoms. The zero-order valence-electron chi connectivity index (χ0n) is 9.93. The van der Waals surface area contributed by atoms with E-state index in [0.29, 0.717) is 19.4 Å². The minimum atomic E-state index is -1.03. The number of amides is 1. The standard InChI is InChI=1S/C10H12N4O5/c15-9(13-4-1-2-7(13)10(16)17)6-12-5-3-8(11-12)14(18)19/h3,5,7H,1-2,4,6H2,(H,16,17)/t7-/m0/s1. The molecule has 9 nitrogen and oxygen atoms in total. The average Bonchev–Trinajstić information content (AvgIpc) is 2.96. The van der Waals surface area contributed by atoms with Gasteiger partial charge in [0.05, 0.1) is 17.4 Å². The summed E-state index contributed by atoms with van der Waals surface area (Å²) in [6.45, 7) is 0.191. The lowest BCUT2D eigenvalue weighted by Gasteiger charge is -2.20. The lowest BCUT2D eigenvalue weighted by molar-refractivity contribution is -0.389. The van der Waals surface area contributed by atoms with Crippen molar-refractivity contribution in [1.82, 2.24) is 14.7 Å². The summed E-state index contributed by atoms with van der Waals surface area (Å²) < 4.78 is 1.14. The molecule has 102 valence electrons. The van der Waals surface area contributed by atoms with Crippen molar-refractivity contribution in [3.05, 3.63) is 22.4 Å². The molecule has 19 heavy (non-hydrogen) atoms. The Hall–Kier alpha value is -2.45. The number of aromatic nitrogens is 2. The van der Waals surface area contributed by atoms with Gasteiger partial charge < -0.3 is 20.1 Å². The van der Waals surface area contributed by atoms with E-state index in [1.165, 1.54) is 17.2 Å². The van der Waals surface area contributed by atoms with Crippen LogP contribution >= 0.6 is 0 Å². The van der Waals surface area contributed by atoms with Crippen molar-refractivity contribution in [2.24, 2.45) is 0 Å². The molecule has 0 radical (unpaired) electrons. The number of carbonyl (C=O) groups is 2. The van der Waals surface area contributed by atoms with Crippen molar-refractivity contribution in [3.63, 3.8) is 0 Å². The molecule has 0 spiro atoms. The summed E-state index contributed by atoms with van der Waals surface area (Å²) in [4.78, 5) is 34.0. The first kappa shape index (κ1) is 13.0. The van der Waals surface area contributed by atoms with Crippen LogP contribution in [0.1, 0.15) is 12.8 Å². The van der Waals surface area contributed by atoms with Crippen LogP contribution in [0.5, 0.6) is 0 Å². The molecule has 1 amide bonds. The molecule has 1 atom stereocenters. The molecule has 0 aliphatic carbocycles. The highest BCUT2D eigenvalue weighted by Gasteiger charge is 2.34. The van der Waals surface area contributed by atoms with Crippen LogP contribution in [0.3, 0.4) is 0 Å². The van der Waals surface area contributed by atoms with E-state index >= 15 is 0 Å². The Labute approximate surface area is 107 Å². The topological polar surface area (TPSA) is 119 Å². The molecule has 1 aliphatic rings. The van der Waals surface area contributed by atoms with E-state index in [0.717, 1.165) is 4.68 Å². The number of carboxylic acid groups (broad SMARTS) is 1. The molecule has 1 fully saturated rings. The molecule has 1 aliphatic heterocycles. The SMILES string of the molecule is O=C(O)[C@@H]1CCCN1C(=O)Cn1ccc([N+](=O)[O-])n1. The number of carbonyl (C=O) groups excluding carboxylic acids is 1. The van der Waals surface area contributed by atoms with Gasteiger partial charge in [0.15, 0.2) is 0 Å². The molecule has 2 rings (SSSR count). The molecular formula is C10H12N4O5. The summed E-state index contributed by atoms with van der Waals surface area (Å²) in [5.74, 6) is -1.77. The molecule has 1 saturated heterocycles. The summed E-state index contributed by atoms with van der Waals surface area (Å²) in [5.41, 5.74) is 0. The van der Waals surface area contributed by atoms with Gasteiger partial charge in [-0.3, -0.25) is 4.79 Å². The van der Waals surface area contributed by atoms with Gasteiger partial charge in [0.25, 0.3) is 0 Å². The largest absolute Gasteiger partial charge is 0.480 e.